The van der Waals surface area contributed by atoms with E-state index in [0.717, 1.165) is 32.5 Å². The number of thiophene rings is 1. The van der Waals surface area contributed by atoms with Crippen molar-refractivity contribution in [3.05, 3.63) is 35.0 Å². The summed E-state index contributed by atoms with van der Waals surface area (Å²) in [6, 6.07) is 2.31. The predicted molar refractivity (Wildman–Crippen MR) is 88.9 cm³/mol. The molecule has 0 aromatic carbocycles. The number of rotatable bonds is 4. The van der Waals surface area contributed by atoms with Crippen LogP contribution in [0.25, 0.3) is 0 Å². The van der Waals surface area contributed by atoms with Gasteiger partial charge in [0.2, 0.25) is 5.91 Å². The summed E-state index contributed by atoms with van der Waals surface area (Å²) in [5, 5.41) is 4.35. The summed E-state index contributed by atoms with van der Waals surface area (Å²) in [5.74, 6) is 0.0822. The van der Waals surface area contributed by atoms with E-state index in [1.165, 1.54) is 5.56 Å². The Morgan fingerprint density at radius 2 is 2.27 bits per heavy atom. The summed E-state index contributed by atoms with van der Waals surface area (Å²) in [7, 11) is 0. The number of hydrogen-bond acceptors (Lipinski definition) is 4. The lowest BCUT2D eigenvalue weighted by molar-refractivity contribution is -0.185. The number of carbonyl (C=O) groups is 1. The fraction of sp³-hybridized carbons (Fsp3) is 0.588. The quantitative estimate of drug-likeness (QED) is 0.799. The first-order valence-corrected chi connectivity index (χ1v) is 8.87. The number of amides is 1. The highest BCUT2D eigenvalue weighted by atomic mass is 32.1. The number of likely N-dealkylation sites (tertiary alicyclic amines) is 1. The molecule has 2 aliphatic rings. The van der Waals surface area contributed by atoms with E-state index in [0.29, 0.717) is 6.54 Å². The van der Waals surface area contributed by atoms with Gasteiger partial charge in [-0.1, -0.05) is 6.08 Å². The Balaban J connectivity index is 1.63. The van der Waals surface area contributed by atoms with Crippen molar-refractivity contribution < 1.29 is 9.53 Å². The van der Waals surface area contributed by atoms with Crippen LogP contribution in [0.3, 0.4) is 0 Å². The van der Waals surface area contributed by atoms with Gasteiger partial charge in [-0.2, -0.15) is 11.3 Å². The van der Waals surface area contributed by atoms with Crippen LogP contribution in [-0.4, -0.2) is 53.6 Å². The van der Waals surface area contributed by atoms with Crippen LogP contribution in [0.2, 0.25) is 0 Å². The minimum Gasteiger partial charge on any atom is -0.363 e. The molecule has 120 valence electrons. The molecule has 2 aliphatic heterocycles. The molecule has 0 N–H and O–H groups in total. The molecule has 0 radical (unpaired) electrons. The Morgan fingerprint density at radius 1 is 1.50 bits per heavy atom. The SMILES string of the molecule is C=CCN1C(=O)COC2(CCN(Cc3ccsc3)CC2)[C@@H]1C. The van der Waals surface area contributed by atoms with Crippen LogP contribution < -0.4 is 0 Å². The molecule has 5 heteroatoms. The number of carbonyl (C=O) groups excluding carboxylic acids is 1. The maximum Gasteiger partial charge on any atom is 0.249 e. The van der Waals surface area contributed by atoms with Gasteiger partial charge in [0.1, 0.15) is 6.61 Å². The summed E-state index contributed by atoms with van der Waals surface area (Å²) in [4.78, 5) is 16.4. The molecule has 3 heterocycles. The highest BCUT2D eigenvalue weighted by Crippen LogP contribution is 2.36. The fourth-order valence-corrected chi connectivity index (χ4v) is 4.26. The van der Waals surface area contributed by atoms with E-state index in [-0.39, 0.29) is 24.2 Å². The van der Waals surface area contributed by atoms with Crippen molar-refractivity contribution in [2.75, 3.05) is 26.2 Å². The van der Waals surface area contributed by atoms with E-state index >= 15 is 0 Å². The van der Waals surface area contributed by atoms with Crippen molar-refractivity contribution in [2.24, 2.45) is 0 Å². The van der Waals surface area contributed by atoms with Crippen LogP contribution in [0.5, 0.6) is 0 Å². The Kier molecular flexibility index (Phi) is 4.66. The van der Waals surface area contributed by atoms with Crippen LogP contribution in [-0.2, 0) is 16.1 Å². The Labute approximate surface area is 136 Å². The zero-order chi connectivity index (χ0) is 15.6. The minimum atomic E-state index is -0.179. The molecule has 0 aliphatic carbocycles. The lowest BCUT2D eigenvalue weighted by Crippen LogP contribution is -2.63. The van der Waals surface area contributed by atoms with E-state index in [4.69, 9.17) is 4.74 Å². The third kappa shape index (κ3) is 2.98. The lowest BCUT2D eigenvalue weighted by atomic mass is 9.82. The molecule has 1 amide bonds. The molecule has 0 unspecified atom stereocenters. The first-order valence-electron chi connectivity index (χ1n) is 7.92. The van der Waals surface area contributed by atoms with Gasteiger partial charge in [0.25, 0.3) is 0 Å². The molecular weight excluding hydrogens is 296 g/mol. The second kappa shape index (κ2) is 6.52. The summed E-state index contributed by atoms with van der Waals surface area (Å²) in [6.45, 7) is 9.78. The third-order valence-corrected chi connectivity index (χ3v) is 5.78. The molecule has 1 aromatic rings. The predicted octanol–water partition coefficient (Wildman–Crippen LogP) is 2.52. The molecule has 0 saturated carbocycles. The standard InChI is InChI=1S/C17H24N2O2S/c1-3-7-19-14(2)17(21-12-16(19)20)5-8-18(9-6-17)11-15-4-10-22-13-15/h3-4,10,13-14H,1,5-9,11-12H2,2H3/t14-/m0/s1. The van der Waals surface area contributed by atoms with Crippen LogP contribution in [0.1, 0.15) is 25.3 Å². The maximum atomic E-state index is 12.0. The first kappa shape index (κ1) is 15.7. The molecule has 4 nitrogen and oxygen atoms in total. The Morgan fingerprint density at radius 3 is 2.91 bits per heavy atom. The second-order valence-corrected chi connectivity index (χ2v) is 7.05. The number of morpholine rings is 1. The summed E-state index contributed by atoms with van der Waals surface area (Å²) in [6.07, 6.45) is 3.78. The van der Waals surface area contributed by atoms with Crippen molar-refractivity contribution in [3.63, 3.8) is 0 Å². The van der Waals surface area contributed by atoms with Gasteiger partial charge in [-0.25, -0.2) is 0 Å². The third-order valence-electron chi connectivity index (χ3n) is 5.05. The summed E-state index contributed by atoms with van der Waals surface area (Å²) >= 11 is 1.75. The van der Waals surface area contributed by atoms with Gasteiger partial charge in [-0.05, 0) is 42.2 Å². The molecule has 2 saturated heterocycles. The number of hydrogen-bond donors (Lipinski definition) is 0. The average molecular weight is 320 g/mol. The van der Waals surface area contributed by atoms with Crippen LogP contribution >= 0.6 is 11.3 Å². The van der Waals surface area contributed by atoms with Gasteiger partial charge in [-0.15, -0.1) is 6.58 Å². The molecular formula is C17H24N2O2S. The van der Waals surface area contributed by atoms with Crippen molar-refractivity contribution in [1.29, 1.82) is 0 Å². The monoisotopic (exact) mass is 320 g/mol. The zero-order valence-corrected chi connectivity index (χ0v) is 14.0. The first-order chi connectivity index (χ1) is 10.6. The highest BCUT2D eigenvalue weighted by molar-refractivity contribution is 7.07. The lowest BCUT2D eigenvalue weighted by Gasteiger charge is -2.51. The zero-order valence-electron chi connectivity index (χ0n) is 13.2. The molecule has 1 spiro atoms. The van der Waals surface area contributed by atoms with Crippen molar-refractivity contribution in [1.82, 2.24) is 9.80 Å². The fourth-order valence-electron chi connectivity index (χ4n) is 3.60. The molecule has 3 rings (SSSR count). The van der Waals surface area contributed by atoms with Crippen LogP contribution in [0, 0.1) is 0 Å². The van der Waals surface area contributed by atoms with Gasteiger partial charge in [0.15, 0.2) is 0 Å². The van der Waals surface area contributed by atoms with Crippen LogP contribution in [0.4, 0.5) is 0 Å². The maximum absolute atomic E-state index is 12.0. The topological polar surface area (TPSA) is 32.8 Å². The minimum absolute atomic E-state index is 0.0822. The average Bonchev–Trinajstić information content (AvgIpc) is 3.03. The van der Waals surface area contributed by atoms with E-state index in [1.807, 2.05) is 4.90 Å². The Bertz CT molecular complexity index is 521. The Hall–Kier alpha value is -1.17. The molecule has 1 aromatic heterocycles. The van der Waals surface area contributed by atoms with Crippen molar-refractivity contribution in [2.45, 2.75) is 38.0 Å². The van der Waals surface area contributed by atoms with Gasteiger partial charge < -0.3 is 9.64 Å². The van der Waals surface area contributed by atoms with Crippen molar-refractivity contribution >= 4 is 17.2 Å². The number of nitrogens with zero attached hydrogens (tertiary/aromatic N) is 2. The molecule has 1 atom stereocenters. The largest absolute Gasteiger partial charge is 0.363 e. The smallest absolute Gasteiger partial charge is 0.249 e. The van der Waals surface area contributed by atoms with Gasteiger partial charge in [-0.3, -0.25) is 9.69 Å². The summed E-state index contributed by atoms with van der Waals surface area (Å²) < 4.78 is 6.04. The number of piperidine rings is 1. The van der Waals surface area contributed by atoms with E-state index in [1.54, 1.807) is 17.4 Å². The van der Waals surface area contributed by atoms with Gasteiger partial charge in [0, 0.05) is 26.2 Å². The molecule has 22 heavy (non-hydrogen) atoms. The highest BCUT2D eigenvalue weighted by Gasteiger charge is 2.47. The van der Waals surface area contributed by atoms with Crippen molar-refractivity contribution in [3.8, 4) is 0 Å². The summed E-state index contributed by atoms with van der Waals surface area (Å²) in [5.41, 5.74) is 1.21. The van der Waals surface area contributed by atoms with Crippen LogP contribution in [0.15, 0.2) is 29.5 Å². The van der Waals surface area contributed by atoms with E-state index in [9.17, 15) is 4.79 Å². The second-order valence-electron chi connectivity index (χ2n) is 6.27. The normalized spacial score (nSPS) is 25.6. The van der Waals surface area contributed by atoms with E-state index in [2.05, 4.69) is 35.2 Å². The molecule has 2 fully saturated rings. The number of ether oxygens (including phenoxy) is 1. The van der Waals surface area contributed by atoms with Gasteiger partial charge >= 0.3 is 0 Å². The van der Waals surface area contributed by atoms with Gasteiger partial charge in [0.05, 0.1) is 11.6 Å². The van der Waals surface area contributed by atoms with E-state index < -0.39 is 0 Å². The molecule has 0 bridgehead atoms.